The monoisotopic (exact) mass is 327 g/mol. The summed E-state index contributed by atoms with van der Waals surface area (Å²) in [6.45, 7) is 4.32. The van der Waals surface area contributed by atoms with E-state index in [0.717, 1.165) is 17.2 Å². The number of hydrogen-bond donors (Lipinski definition) is 0. The molecule has 0 radical (unpaired) electrons. The second-order valence-electron chi connectivity index (χ2n) is 4.79. The molecule has 0 saturated heterocycles. The quantitative estimate of drug-likeness (QED) is 0.485. The van der Waals surface area contributed by atoms with E-state index in [4.69, 9.17) is 22.8 Å². The molecule has 0 saturated carbocycles. The van der Waals surface area contributed by atoms with E-state index >= 15 is 0 Å². The molecule has 0 N–H and O–H groups in total. The van der Waals surface area contributed by atoms with Crippen molar-refractivity contribution in [1.29, 1.82) is 0 Å². The zero-order valence-electron chi connectivity index (χ0n) is 11.8. The minimum absolute atomic E-state index is 0.0337. The highest BCUT2D eigenvalue weighted by Gasteiger charge is 2.30. The topological polar surface area (TPSA) is 35.5 Å². The summed E-state index contributed by atoms with van der Waals surface area (Å²) < 4.78 is 33.2. The normalized spacial score (nSPS) is 18.7. The Kier molecular flexibility index (Phi) is 5.04. The molecular weight excluding hydrogens is 313 g/mol. The van der Waals surface area contributed by atoms with Gasteiger partial charge >= 0.3 is 0 Å². The van der Waals surface area contributed by atoms with Crippen LogP contribution in [0.4, 0.5) is 10.1 Å². The lowest BCUT2D eigenvalue weighted by Gasteiger charge is -2.31. The molecule has 0 fully saturated rings. The van der Waals surface area contributed by atoms with Crippen molar-refractivity contribution in [1.82, 2.24) is 0 Å². The molecule has 1 heterocycles. The van der Waals surface area contributed by atoms with Crippen molar-refractivity contribution >= 4 is 28.7 Å². The van der Waals surface area contributed by atoms with Crippen LogP contribution in [-0.2, 0) is 11.4 Å². The van der Waals surface area contributed by atoms with E-state index in [1.54, 1.807) is 0 Å². The molecule has 112 valence electrons. The predicted octanol–water partition coefficient (Wildman–Crippen LogP) is 3.31. The van der Waals surface area contributed by atoms with Crippen LogP contribution >= 0.6 is 11.6 Å². The van der Waals surface area contributed by atoms with Gasteiger partial charge in [0, 0.05) is 6.07 Å². The fourth-order valence-corrected chi connectivity index (χ4v) is 3.62. The van der Waals surface area contributed by atoms with E-state index in [0.29, 0.717) is 12.3 Å². The highest BCUT2D eigenvalue weighted by Crippen LogP contribution is 2.35. The molecule has 2 rings (SSSR count). The van der Waals surface area contributed by atoms with Gasteiger partial charge in [0.25, 0.3) is 0 Å². The minimum Gasteiger partial charge on any atom is -0.593 e. The van der Waals surface area contributed by atoms with Gasteiger partial charge in [-0.3, -0.25) is 0 Å². The molecule has 0 aromatic heterocycles. The van der Waals surface area contributed by atoms with E-state index < -0.39 is 17.2 Å². The molecule has 3 nitrogen and oxygen atoms in total. The number of halogens is 2. The molecular formula is C15H15ClFNO2S. The van der Waals surface area contributed by atoms with Crippen LogP contribution in [0.2, 0.25) is 5.02 Å². The maximum absolute atomic E-state index is 14.2. The van der Waals surface area contributed by atoms with Crippen LogP contribution in [0.15, 0.2) is 23.3 Å². The lowest BCUT2D eigenvalue weighted by molar-refractivity contribution is 0.370. The second-order valence-corrected chi connectivity index (χ2v) is 6.57. The Hall–Kier alpha value is -1.35. The van der Waals surface area contributed by atoms with Crippen molar-refractivity contribution in [2.45, 2.75) is 13.8 Å². The Morgan fingerprint density at radius 3 is 2.86 bits per heavy atom. The van der Waals surface area contributed by atoms with Gasteiger partial charge in [-0.2, -0.15) is 4.31 Å². The van der Waals surface area contributed by atoms with Gasteiger partial charge in [-0.05, 0) is 31.1 Å². The number of nitrogens with zero attached hydrogens (tertiary/aromatic N) is 1. The molecule has 0 spiro atoms. The fraction of sp³-hybridized carbons (Fsp3) is 0.333. The molecule has 1 aliphatic rings. The zero-order valence-corrected chi connectivity index (χ0v) is 13.4. The van der Waals surface area contributed by atoms with Crippen molar-refractivity contribution in [3.63, 3.8) is 0 Å². The summed E-state index contributed by atoms with van der Waals surface area (Å²) in [5.74, 6) is 2.47. The van der Waals surface area contributed by atoms with Crippen molar-refractivity contribution in [3.8, 4) is 18.1 Å². The Morgan fingerprint density at radius 2 is 2.19 bits per heavy atom. The third kappa shape index (κ3) is 3.46. The molecule has 1 aromatic rings. The molecule has 1 aromatic carbocycles. The molecule has 1 atom stereocenters. The molecule has 0 aliphatic carbocycles. The molecule has 6 heteroatoms. The number of rotatable bonds is 3. The highest BCUT2D eigenvalue weighted by atomic mass is 35.5. The van der Waals surface area contributed by atoms with Crippen LogP contribution < -0.4 is 9.04 Å². The van der Waals surface area contributed by atoms with Crippen LogP contribution in [0.25, 0.3) is 0 Å². The summed E-state index contributed by atoms with van der Waals surface area (Å²) in [6, 6.07) is 2.60. The summed E-state index contributed by atoms with van der Waals surface area (Å²) in [4.78, 5) is 0. The van der Waals surface area contributed by atoms with Crippen molar-refractivity contribution < 1.29 is 13.7 Å². The number of terminal acetylenes is 1. The van der Waals surface area contributed by atoms with Gasteiger partial charge in [0.1, 0.15) is 18.0 Å². The van der Waals surface area contributed by atoms with Crippen molar-refractivity contribution in [2.75, 3.05) is 23.2 Å². The third-order valence-electron chi connectivity index (χ3n) is 3.28. The van der Waals surface area contributed by atoms with Gasteiger partial charge in [-0.15, -0.1) is 6.42 Å². The maximum atomic E-state index is 14.2. The van der Waals surface area contributed by atoms with E-state index in [9.17, 15) is 8.94 Å². The van der Waals surface area contributed by atoms with Crippen LogP contribution in [-0.4, -0.2) is 23.5 Å². The molecule has 0 amide bonds. The standard InChI is InChI=1S/C15H15ClFNO2S/c1-4-5-20-15-7-14(13(17)6-12(15)16)18-8-10(2)11(3)9-21(18)19/h1,6-7H,5,8-9H2,2-3H3. The van der Waals surface area contributed by atoms with E-state index in [-0.39, 0.29) is 23.1 Å². The molecule has 0 bridgehead atoms. The minimum atomic E-state index is -1.31. The van der Waals surface area contributed by atoms with Gasteiger partial charge in [0.2, 0.25) is 0 Å². The van der Waals surface area contributed by atoms with Gasteiger partial charge < -0.3 is 9.29 Å². The summed E-state index contributed by atoms with van der Waals surface area (Å²) >= 11 is 4.61. The van der Waals surface area contributed by atoms with Crippen molar-refractivity contribution in [2.24, 2.45) is 0 Å². The third-order valence-corrected chi connectivity index (χ3v) is 5.07. The summed E-state index contributed by atoms with van der Waals surface area (Å²) in [7, 11) is 0. The van der Waals surface area contributed by atoms with E-state index in [2.05, 4.69) is 5.92 Å². The van der Waals surface area contributed by atoms with E-state index in [1.807, 2.05) is 13.8 Å². The Morgan fingerprint density at radius 1 is 1.48 bits per heavy atom. The highest BCUT2D eigenvalue weighted by molar-refractivity contribution is 7.93. The van der Waals surface area contributed by atoms with Crippen LogP contribution in [0, 0.1) is 18.2 Å². The zero-order chi connectivity index (χ0) is 15.6. The maximum Gasteiger partial charge on any atom is 0.152 e. The molecule has 1 aliphatic heterocycles. The van der Waals surface area contributed by atoms with Crippen LogP contribution in [0.5, 0.6) is 5.75 Å². The average Bonchev–Trinajstić information content (AvgIpc) is 2.42. The SMILES string of the molecule is C#CCOc1cc(N2CC(C)=C(C)C[S+]2[O-])c(F)cc1Cl. The summed E-state index contributed by atoms with van der Waals surface area (Å²) in [5, 5.41) is 0.137. The largest absolute Gasteiger partial charge is 0.593 e. The number of anilines is 1. The number of benzene rings is 1. The van der Waals surface area contributed by atoms with Gasteiger partial charge in [-0.25, -0.2) is 4.39 Å². The molecule has 1 unspecified atom stereocenters. The Bertz CT molecular complexity index is 627. The van der Waals surface area contributed by atoms with Crippen LogP contribution in [0.3, 0.4) is 0 Å². The first kappa shape index (κ1) is 16.0. The summed E-state index contributed by atoms with van der Waals surface area (Å²) in [6.07, 6.45) is 5.14. The smallest absolute Gasteiger partial charge is 0.152 e. The van der Waals surface area contributed by atoms with Gasteiger partial charge in [0.15, 0.2) is 11.6 Å². The number of ether oxygens (including phenoxy) is 1. The Balaban J connectivity index is 2.37. The lowest BCUT2D eigenvalue weighted by atomic mass is 10.1. The second kappa shape index (κ2) is 6.61. The fourth-order valence-electron chi connectivity index (χ4n) is 1.94. The Labute approximate surface area is 132 Å². The van der Waals surface area contributed by atoms with Gasteiger partial charge in [0.05, 0.1) is 22.9 Å². The first-order chi connectivity index (χ1) is 9.93. The van der Waals surface area contributed by atoms with Gasteiger partial charge in [-0.1, -0.05) is 17.5 Å². The van der Waals surface area contributed by atoms with Crippen molar-refractivity contribution in [3.05, 3.63) is 34.1 Å². The summed E-state index contributed by atoms with van der Waals surface area (Å²) in [5.41, 5.74) is 2.36. The number of hydrogen-bond acceptors (Lipinski definition) is 3. The first-order valence-corrected chi connectivity index (χ1v) is 7.96. The first-order valence-electron chi connectivity index (χ1n) is 6.30. The van der Waals surface area contributed by atoms with Crippen LogP contribution in [0.1, 0.15) is 13.8 Å². The lowest BCUT2D eigenvalue weighted by Crippen LogP contribution is -2.39. The van der Waals surface area contributed by atoms with E-state index in [1.165, 1.54) is 10.4 Å². The molecule has 21 heavy (non-hydrogen) atoms. The predicted molar refractivity (Wildman–Crippen MR) is 84.5 cm³/mol. The average molecular weight is 328 g/mol.